The number of carbonyl (C=O) groups excluding carboxylic acids is 1. The third-order valence-electron chi connectivity index (χ3n) is 7.53. The molecule has 3 N–H and O–H groups in total. The fraction of sp³-hybridized carbons (Fsp3) is 0.667. The van der Waals surface area contributed by atoms with Gasteiger partial charge in [0, 0.05) is 12.5 Å². The van der Waals surface area contributed by atoms with Crippen molar-refractivity contribution in [1.82, 2.24) is 5.32 Å². The minimum absolute atomic E-state index is 0.0237. The molecule has 4 rings (SSSR count). The molecule has 1 amide bonds. The van der Waals surface area contributed by atoms with Gasteiger partial charge in [-0.15, -0.1) is 0 Å². The van der Waals surface area contributed by atoms with Gasteiger partial charge in [-0.1, -0.05) is 13.0 Å². The van der Waals surface area contributed by atoms with E-state index < -0.39 is 6.09 Å². The number of fused-ring (bicyclic) bond motifs is 5. The number of phenols is 1. The molecule has 142 valence electrons. The number of hydrogen-bond donors (Lipinski definition) is 3. The van der Waals surface area contributed by atoms with Crippen LogP contribution in [0.25, 0.3) is 0 Å². The lowest BCUT2D eigenvalue weighted by atomic mass is 9.54. The molecule has 1 aromatic carbocycles. The number of aliphatic hydroxyl groups is 1. The van der Waals surface area contributed by atoms with Crippen LogP contribution in [0.15, 0.2) is 18.2 Å². The zero-order valence-corrected chi connectivity index (χ0v) is 15.6. The summed E-state index contributed by atoms with van der Waals surface area (Å²) < 4.78 is 4.73. The number of rotatable bonds is 2. The Kier molecular flexibility index (Phi) is 4.38. The van der Waals surface area contributed by atoms with Crippen LogP contribution in [-0.4, -0.2) is 36.1 Å². The highest BCUT2D eigenvalue weighted by atomic mass is 16.5. The summed E-state index contributed by atoms with van der Waals surface area (Å²) >= 11 is 0. The average molecular weight is 359 g/mol. The largest absolute Gasteiger partial charge is 0.508 e. The van der Waals surface area contributed by atoms with Crippen molar-refractivity contribution in [3.8, 4) is 5.75 Å². The second-order valence-corrected chi connectivity index (χ2v) is 8.63. The lowest BCUT2D eigenvalue weighted by Gasteiger charge is -2.51. The number of aromatic hydroxyl groups is 1. The molecule has 2 saturated carbocycles. The summed E-state index contributed by atoms with van der Waals surface area (Å²) in [6, 6.07) is 5.72. The Hall–Kier alpha value is -1.75. The lowest BCUT2D eigenvalue weighted by molar-refractivity contribution is -0.0249. The van der Waals surface area contributed by atoms with Crippen molar-refractivity contribution >= 4 is 6.09 Å². The number of nitrogens with one attached hydrogen (secondary N) is 1. The van der Waals surface area contributed by atoms with E-state index in [1.807, 2.05) is 6.07 Å². The van der Waals surface area contributed by atoms with E-state index in [1.165, 1.54) is 12.7 Å². The Labute approximate surface area is 154 Å². The zero-order chi connectivity index (χ0) is 18.5. The summed E-state index contributed by atoms with van der Waals surface area (Å²) in [5.41, 5.74) is 2.50. The molecule has 1 aromatic rings. The lowest BCUT2D eigenvalue weighted by Crippen LogP contribution is -2.45. The van der Waals surface area contributed by atoms with Gasteiger partial charge < -0.3 is 20.3 Å². The van der Waals surface area contributed by atoms with Gasteiger partial charge in [0.1, 0.15) is 5.75 Å². The summed E-state index contributed by atoms with van der Waals surface area (Å²) in [7, 11) is 1.37. The summed E-state index contributed by atoms with van der Waals surface area (Å²) in [5, 5.41) is 23.4. The van der Waals surface area contributed by atoms with Gasteiger partial charge in [-0.2, -0.15) is 0 Å². The molecular weight excluding hydrogens is 330 g/mol. The average Bonchev–Trinajstić information content (AvgIpc) is 2.94. The molecule has 0 saturated heterocycles. The van der Waals surface area contributed by atoms with Crippen LogP contribution < -0.4 is 5.32 Å². The first kappa shape index (κ1) is 17.7. The highest BCUT2D eigenvalue weighted by Gasteiger charge is 2.55. The van der Waals surface area contributed by atoms with Crippen LogP contribution in [0.3, 0.4) is 0 Å². The number of hydrogen-bond acceptors (Lipinski definition) is 4. The third-order valence-corrected chi connectivity index (χ3v) is 7.53. The van der Waals surface area contributed by atoms with Gasteiger partial charge in [-0.05, 0) is 78.5 Å². The standard InChI is InChI=1S/C21H29NO4/c1-21-8-7-15-14-4-3-13(23)10-16(14)12(11-22-20(25)26-2)9-17(15)18(21)5-6-19(21)24/h3-4,10,12,15,17-19,23-24H,5-9,11H2,1-2H3,(H,22,25)/t12?,15-,17-,18+,19+,21+/m1/s1. The minimum atomic E-state index is -0.418. The van der Waals surface area contributed by atoms with E-state index in [4.69, 9.17) is 4.74 Å². The van der Waals surface area contributed by atoms with Crippen molar-refractivity contribution in [1.29, 1.82) is 0 Å². The molecular formula is C21H29NO4. The summed E-state index contributed by atoms with van der Waals surface area (Å²) in [4.78, 5) is 11.6. The first-order valence-electron chi connectivity index (χ1n) is 9.76. The number of alkyl carbamates (subject to hydrolysis) is 1. The van der Waals surface area contributed by atoms with Crippen LogP contribution in [0.2, 0.25) is 0 Å². The summed E-state index contributed by atoms with van der Waals surface area (Å²) in [6.45, 7) is 2.78. The van der Waals surface area contributed by atoms with Gasteiger partial charge in [-0.25, -0.2) is 4.79 Å². The zero-order valence-electron chi connectivity index (χ0n) is 15.6. The van der Waals surface area contributed by atoms with Crippen molar-refractivity contribution < 1.29 is 19.7 Å². The van der Waals surface area contributed by atoms with Crippen LogP contribution in [0.4, 0.5) is 4.79 Å². The van der Waals surface area contributed by atoms with Crippen LogP contribution in [-0.2, 0) is 4.74 Å². The van der Waals surface area contributed by atoms with E-state index in [0.29, 0.717) is 24.3 Å². The smallest absolute Gasteiger partial charge is 0.406 e. The van der Waals surface area contributed by atoms with Gasteiger partial charge >= 0.3 is 6.09 Å². The first-order chi connectivity index (χ1) is 12.4. The Morgan fingerprint density at radius 2 is 2.12 bits per heavy atom. The predicted octanol–water partition coefficient (Wildman–Crippen LogP) is 3.51. The van der Waals surface area contributed by atoms with Gasteiger partial charge in [0.05, 0.1) is 13.2 Å². The molecule has 26 heavy (non-hydrogen) atoms. The molecule has 2 fully saturated rings. The Bertz CT molecular complexity index is 705. The third kappa shape index (κ3) is 2.68. The molecule has 0 aliphatic heterocycles. The topological polar surface area (TPSA) is 78.8 Å². The number of carbonyl (C=O) groups is 1. The highest BCUT2D eigenvalue weighted by Crippen LogP contribution is 2.62. The number of aliphatic hydroxyl groups excluding tert-OH is 1. The predicted molar refractivity (Wildman–Crippen MR) is 98.2 cm³/mol. The SMILES string of the molecule is COC(=O)NCC1C[C@@H]2[C@H](CC[C@]3(C)[C@@H](O)CC[C@@H]23)c2ccc(O)cc21. The summed E-state index contributed by atoms with van der Waals surface area (Å²) in [5.74, 6) is 1.98. The normalized spacial score (nSPS) is 38.0. The summed E-state index contributed by atoms with van der Waals surface area (Å²) in [6.07, 6.45) is 4.51. The van der Waals surface area contributed by atoms with Crippen molar-refractivity contribution in [2.45, 2.75) is 57.0 Å². The highest BCUT2D eigenvalue weighted by molar-refractivity contribution is 5.67. The maximum absolute atomic E-state index is 11.6. The number of methoxy groups -OCH3 is 1. The van der Waals surface area contributed by atoms with Crippen LogP contribution >= 0.6 is 0 Å². The van der Waals surface area contributed by atoms with Crippen molar-refractivity contribution in [2.24, 2.45) is 17.3 Å². The van der Waals surface area contributed by atoms with Crippen molar-refractivity contribution in [2.75, 3.05) is 13.7 Å². The van der Waals surface area contributed by atoms with E-state index in [2.05, 4.69) is 18.3 Å². The fourth-order valence-corrected chi connectivity index (χ4v) is 6.16. The monoisotopic (exact) mass is 359 g/mol. The second kappa shape index (κ2) is 6.45. The fourth-order valence-electron chi connectivity index (χ4n) is 6.16. The van der Waals surface area contributed by atoms with E-state index in [9.17, 15) is 15.0 Å². The number of amides is 1. The molecule has 5 nitrogen and oxygen atoms in total. The van der Waals surface area contributed by atoms with Gasteiger partial charge in [0.2, 0.25) is 0 Å². The molecule has 3 aliphatic carbocycles. The number of benzene rings is 1. The molecule has 5 heteroatoms. The van der Waals surface area contributed by atoms with Gasteiger partial charge in [0.15, 0.2) is 0 Å². The molecule has 3 aliphatic rings. The maximum atomic E-state index is 11.6. The Morgan fingerprint density at radius 3 is 2.88 bits per heavy atom. The molecule has 6 atom stereocenters. The number of ether oxygens (including phenoxy) is 1. The number of phenolic OH excluding ortho intramolecular Hbond substituents is 1. The van der Waals surface area contributed by atoms with E-state index >= 15 is 0 Å². The molecule has 0 bridgehead atoms. The molecule has 0 aromatic heterocycles. The van der Waals surface area contributed by atoms with Gasteiger partial charge in [-0.3, -0.25) is 0 Å². The second-order valence-electron chi connectivity index (χ2n) is 8.63. The molecule has 0 radical (unpaired) electrons. The van der Waals surface area contributed by atoms with Crippen molar-refractivity contribution in [3.63, 3.8) is 0 Å². The Balaban J connectivity index is 1.67. The van der Waals surface area contributed by atoms with E-state index in [0.717, 1.165) is 37.7 Å². The maximum Gasteiger partial charge on any atom is 0.406 e. The quantitative estimate of drug-likeness (QED) is 0.755. The van der Waals surface area contributed by atoms with Crippen LogP contribution in [0, 0.1) is 17.3 Å². The van der Waals surface area contributed by atoms with Crippen molar-refractivity contribution in [3.05, 3.63) is 29.3 Å². The Morgan fingerprint density at radius 1 is 1.31 bits per heavy atom. The first-order valence-corrected chi connectivity index (χ1v) is 9.76. The van der Waals surface area contributed by atoms with E-state index in [1.54, 1.807) is 6.07 Å². The van der Waals surface area contributed by atoms with Gasteiger partial charge in [0.25, 0.3) is 0 Å². The molecule has 0 spiro atoms. The van der Waals surface area contributed by atoms with Crippen LogP contribution in [0.1, 0.15) is 62.0 Å². The van der Waals surface area contributed by atoms with E-state index in [-0.39, 0.29) is 23.2 Å². The minimum Gasteiger partial charge on any atom is -0.508 e. The van der Waals surface area contributed by atoms with Crippen LogP contribution in [0.5, 0.6) is 5.75 Å². The molecule has 0 heterocycles. The molecule has 1 unspecified atom stereocenters.